The average molecular weight is 174 g/mol. The normalized spacial score (nSPS) is 12.6. The monoisotopic (exact) mass is 174 g/mol. The van der Waals surface area contributed by atoms with Crippen LogP contribution in [-0.2, 0) is 14.3 Å². The number of esters is 1. The fourth-order valence-corrected chi connectivity index (χ4v) is 0.968. The maximum Gasteiger partial charge on any atom is 0.335 e. The van der Waals surface area contributed by atoms with E-state index in [0.29, 0.717) is 13.2 Å². The predicted octanol–water partition coefficient (Wildman–Crippen LogP) is 1.75. The quantitative estimate of drug-likeness (QED) is 0.575. The summed E-state index contributed by atoms with van der Waals surface area (Å²) >= 11 is 0. The van der Waals surface area contributed by atoms with Crippen LogP contribution in [0, 0.1) is 0 Å². The van der Waals surface area contributed by atoms with Crippen LogP contribution in [0.1, 0.15) is 33.6 Å². The summed E-state index contributed by atoms with van der Waals surface area (Å²) in [5.74, 6) is -0.235. The highest BCUT2D eigenvalue weighted by Gasteiger charge is 2.17. The maximum atomic E-state index is 11.2. The maximum absolute atomic E-state index is 11.2. The van der Waals surface area contributed by atoms with Crippen LogP contribution in [0.15, 0.2) is 0 Å². The third-order valence-electron chi connectivity index (χ3n) is 1.47. The van der Waals surface area contributed by atoms with Gasteiger partial charge in [-0.15, -0.1) is 0 Å². The molecule has 0 fully saturated rings. The molecule has 0 saturated carbocycles. The summed E-state index contributed by atoms with van der Waals surface area (Å²) in [7, 11) is 0. The molecule has 3 heteroatoms. The second kappa shape index (κ2) is 7.10. The molecule has 0 aromatic heterocycles. The van der Waals surface area contributed by atoms with E-state index in [1.165, 1.54) is 0 Å². The van der Waals surface area contributed by atoms with Gasteiger partial charge < -0.3 is 9.47 Å². The first-order chi connectivity index (χ1) is 5.76. The minimum Gasteiger partial charge on any atom is -0.464 e. The molecule has 0 heterocycles. The number of rotatable bonds is 6. The van der Waals surface area contributed by atoms with Crippen molar-refractivity contribution in [2.75, 3.05) is 13.2 Å². The lowest BCUT2D eigenvalue weighted by Crippen LogP contribution is -2.26. The molecule has 1 unspecified atom stereocenters. The van der Waals surface area contributed by atoms with Crippen molar-refractivity contribution in [3.05, 3.63) is 0 Å². The van der Waals surface area contributed by atoms with E-state index < -0.39 is 0 Å². The summed E-state index contributed by atoms with van der Waals surface area (Å²) < 4.78 is 10.1. The average Bonchev–Trinajstić information content (AvgIpc) is 2.04. The third kappa shape index (κ3) is 4.34. The van der Waals surface area contributed by atoms with E-state index in [4.69, 9.17) is 9.47 Å². The Morgan fingerprint density at radius 3 is 2.33 bits per heavy atom. The zero-order valence-corrected chi connectivity index (χ0v) is 8.13. The Balaban J connectivity index is 3.81. The topological polar surface area (TPSA) is 35.5 Å². The molecular formula is C9H18O3. The summed E-state index contributed by atoms with van der Waals surface area (Å²) in [4.78, 5) is 11.2. The summed E-state index contributed by atoms with van der Waals surface area (Å²) in [5.41, 5.74) is 0. The van der Waals surface area contributed by atoms with Crippen molar-refractivity contribution in [2.24, 2.45) is 0 Å². The number of ether oxygens (including phenoxy) is 2. The first kappa shape index (κ1) is 11.4. The van der Waals surface area contributed by atoms with Gasteiger partial charge in [0.15, 0.2) is 6.10 Å². The Morgan fingerprint density at radius 2 is 1.92 bits per heavy atom. The van der Waals surface area contributed by atoms with Gasteiger partial charge in [0.2, 0.25) is 0 Å². The van der Waals surface area contributed by atoms with Crippen molar-refractivity contribution in [2.45, 2.75) is 39.7 Å². The van der Waals surface area contributed by atoms with Gasteiger partial charge in [0.1, 0.15) is 0 Å². The molecule has 1 atom stereocenters. The fourth-order valence-electron chi connectivity index (χ4n) is 0.968. The summed E-state index contributed by atoms with van der Waals surface area (Å²) in [6.07, 6.45) is 1.32. The van der Waals surface area contributed by atoms with E-state index in [9.17, 15) is 4.79 Å². The summed E-state index contributed by atoms with van der Waals surface area (Å²) in [6, 6.07) is 0. The van der Waals surface area contributed by atoms with E-state index >= 15 is 0 Å². The smallest absolute Gasteiger partial charge is 0.335 e. The van der Waals surface area contributed by atoms with E-state index in [-0.39, 0.29) is 12.1 Å². The van der Waals surface area contributed by atoms with Crippen LogP contribution in [0.5, 0.6) is 0 Å². The van der Waals surface area contributed by atoms with Gasteiger partial charge in [-0.3, -0.25) is 0 Å². The zero-order valence-electron chi connectivity index (χ0n) is 8.13. The molecule has 0 aromatic rings. The van der Waals surface area contributed by atoms with Crippen molar-refractivity contribution in [3.8, 4) is 0 Å². The van der Waals surface area contributed by atoms with Crippen LogP contribution in [0.2, 0.25) is 0 Å². The fraction of sp³-hybridized carbons (Fsp3) is 0.889. The van der Waals surface area contributed by atoms with Crippen molar-refractivity contribution < 1.29 is 14.3 Å². The molecule has 0 spiro atoms. The number of hydrogen-bond donors (Lipinski definition) is 0. The first-order valence-corrected chi connectivity index (χ1v) is 4.54. The van der Waals surface area contributed by atoms with Crippen molar-refractivity contribution in [1.82, 2.24) is 0 Å². The lowest BCUT2D eigenvalue weighted by Gasteiger charge is -2.13. The van der Waals surface area contributed by atoms with Crippen molar-refractivity contribution >= 4 is 5.97 Å². The van der Waals surface area contributed by atoms with Gasteiger partial charge in [-0.1, -0.05) is 13.3 Å². The molecule has 3 nitrogen and oxygen atoms in total. The number of carbonyl (C=O) groups is 1. The van der Waals surface area contributed by atoms with Crippen LogP contribution >= 0.6 is 0 Å². The van der Waals surface area contributed by atoms with E-state index in [2.05, 4.69) is 0 Å². The molecule has 0 rings (SSSR count). The summed E-state index contributed by atoms with van der Waals surface area (Å²) in [6.45, 7) is 6.68. The second-order valence-corrected chi connectivity index (χ2v) is 2.48. The zero-order chi connectivity index (χ0) is 9.40. The Kier molecular flexibility index (Phi) is 6.76. The van der Waals surface area contributed by atoms with Gasteiger partial charge in [-0.25, -0.2) is 4.79 Å². The molecule has 0 aliphatic carbocycles. The van der Waals surface area contributed by atoms with Gasteiger partial charge >= 0.3 is 5.97 Å². The molecule has 12 heavy (non-hydrogen) atoms. The van der Waals surface area contributed by atoms with E-state index in [0.717, 1.165) is 12.8 Å². The summed E-state index contributed by atoms with van der Waals surface area (Å²) in [5, 5.41) is 0. The lowest BCUT2D eigenvalue weighted by atomic mass is 10.2. The third-order valence-corrected chi connectivity index (χ3v) is 1.47. The van der Waals surface area contributed by atoms with Crippen LogP contribution in [-0.4, -0.2) is 25.3 Å². The highest BCUT2D eigenvalue weighted by Crippen LogP contribution is 2.04. The van der Waals surface area contributed by atoms with Crippen LogP contribution in [0.4, 0.5) is 0 Å². The Hall–Kier alpha value is -0.570. The molecule has 0 aromatic carbocycles. The molecule has 0 aliphatic rings. The minimum atomic E-state index is -0.361. The molecule has 0 N–H and O–H groups in total. The molecule has 0 saturated heterocycles. The Bertz CT molecular complexity index is 117. The lowest BCUT2D eigenvalue weighted by molar-refractivity contribution is -0.156. The molecule has 0 aliphatic heterocycles. The van der Waals surface area contributed by atoms with Crippen LogP contribution in [0.25, 0.3) is 0 Å². The minimum absolute atomic E-state index is 0.235. The Labute approximate surface area is 74.0 Å². The number of carbonyl (C=O) groups excluding carboxylic acids is 1. The second-order valence-electron chi connectivity index (χ2n) is 2.48. The van der Waals surface area contributed by atoms with Gasteiger partial charge in [0, 0.05) is 6.61 Å². The van der Waals surface area contributed by atoms with Gasteiger partial charge in [0.05, 0.1) is 6.61 Å². The highest BCUT2D eigenvalue weighted by molar-refractivity contribution is 5.74. The number of hydrogen-bond acceptors (Lipinski definition) is 3. The van der Waals surface area contributed by atoms with Gasteiger partial charge in [-0.05, 0) is 20.3 Å². The molecule has 0 bridgehead atoms. The van der Waals surface area contributed by atoms with E-state index in [1.807, 2.05) is 13.8 Å². The van der Waals surface area contributed by atoms with Gasteiger partial charge in [-0.2, -0.15) is 0 Å². The molecular weight excluding hydrogens is 156 g/mol. The molecule has 0 radical (unpaired) electrons. The van der Waals surface area contributed by atoms with Gasteiger partial charge in [0.25, 0.3) is 0 Å². The van der Waals surface area contributed by atoms with E-state index in [1.54, 1.807) is 6.92 Å². The largest absolute Gasteiger partial charge is 0.464 e. The van der Waals surface area contributed by atoms with Crippen LogP contribution < -0.4 is 0 Å². The predicted molar refractivity (Wildman–Crippen MR) is 47.0 cm³/mol. The first-order valence-electron chi connectivity index (χ1n) is 4.54. The highest BCUT2D eigenvalue weighted by atomic mass is 16.6. The Morgan fingerprint density at radius 1 is 1.25 bits per heavy atom. The van der Waals surface area contributed by atoms with Crippen molar-refractivity contribution in [3.63, 3.8) is 0 Å². The molecule has 0 amide bonds. The molecule has 72 valence electrons. The van der Waals surface area contributed by atoms with Crippen LogP contribution in [0.3, 0.4) is 0 Å². The standard InChI is InChI=1S/C9H18O3/c1-4-7-8(11-5-2)9(10)12-6-3/h8H,4-7H2,1-3H3. The SMILES string of the molecule is CCCC(OCC)C(=O)OCC. The van der Waals surface area contributed by atoms with Crippen molar-refractivity contribution in [1.29, 1.82) is 0 Å².